The molecule has 0 aromatic rings. The van der Waals surface area contributed by atoms with Gasteiger partial charge in [-0.1, -0.05) is 20.8 Å². The molecule has 4 rings (SSSR count). The van der Waals surface area contributed by atoms with Crippen LogP contribution in [0.5, 0.6) is 0 Å². The number of halogens is 1. The van der Waals surface area contributed by atoms with E-state index in [4.69, 9.17) is 5.11 Å². The quantitative estimate of drug-likeness (QED) is 0.402. The number of aliphatic hydroxyl groups is 3. The van der Waals surface area contributed by atoms with Crippen LogP contribution < -0.4 is 0 Å². The van der Waals surface area contributed by atoms with Crippen molar-refractivity contribution in [2.45, 2.75) is 96.9 Å². The number of hydrogen-bond acceptors (Lipinski definition) is 5. The van der Waals surface area contributed by atoms with Crippen LogP contribution in [-0.4, -0.2) is 68.9 Å². The van der Waals surface area contributed by atoms with Crippen LogP contribution in [0, 0.1) is 46.3 Å². The SMILES string of the molecule is C[C@H](CCC(=O)N(C[18F])CC(=O)O)[C@H]1CC[C@H]2[C@@H]3[C@H](O)CC4C[C@H](O)CC[C@]4(C)[C@H]3C[C@H](O)[C@]12C. The van der Waals surface area contributed by atoms with Gasteiger partial charge in [-0.05, 0) is 97.7 Å². The molecule has 1 unspecified atom stereocenters. The lowest BCUT2D eigenvalue weighted by Crippen LogP contribution is -2.62. The number of rotatable bonds is 7. The summed E-state index contributed by atoms with van der Waals surface area (Å²) in [5.74, 6) is -0.575. The van der Waals surface area contributed by atoms with Crippen LogP contribution in [0.3, 0.4) is 0 Å². The summed E-state index contributed by atoms with van der Waals surface area (Å²) in [6, 6.07) is 0. The van der Waals surface area contributed by atoms with Crippen molar-refractivity contribution < 1.29 is 34.4 Å². The molecule has 11 atom stereocenters. The molecule has 0 spiro atoms. The molecule has 7 nitrogen and oxygen atoms in total. The minimum atomic E-state index is -1.23. The number of carboxylic acid groups (broad SMARTS) is 1. The summed E-state index contributed by atoms with van der Waals surface area (Å²) in [6.07, 6.45) is 5.08. The molecule has 4 N–H and O–H groups in total. The first-order valence-electron chi connectivity index (χ1n) is 13.5. The van der Waals surface area contributed by atoms with Gasteiger partial charge >= 0.3 is 5.97 Å². The van der Waals surface area contributed by atoms with E-state index in [1.807, 2.05) is 0 Å². The molecule has 0 bridgehead atoms. The molecule has 4 aliphatic carbocycles. The van der Waals surface area contributed by atoms with Gasteiger partial charge in [-0.3, -0.25) is 9.59 Å². The molecule has 0 aliphatic heterocycles. The smallest absolute Gasteiger partial charge is 0.323 e. The van der Waals surface area contributed by atoms with Gasteiger partial charge in [0.05, 0.1) is 18.3 Å². The van der Waals surface area contributed by atoms with E-state index in [0.717, 1.165) is 43.4 Å². The molecule has 4 fully saturated rings. The van der Waals surface area contributed by atoms with Gasteiger partial charge in [0.1, 0.15) is 6.54 Å². The predicted molar refractivity (Wildman–Crippen MR) is 128 cm³/mol. The summed E-state index contributed by atoms with van der Waals surface area (Å²) in [5.41, 5.74) is -0.329. The molecular weight excluding hydrogens is 452 g/mol. The molecule has 1 amide bonds. The Morgan fingerprint density at radius 3 is 2.43 bits per heavy atom. The summed E-state index contributed by atoms with van der Waals surface area (Å²) in [7, 11) is 0. The van der Waals surface area contributed by atoms with Gasteiger partial charge in [0.2, 0.25) is 5.91 Å². The second-order valence-corrected chi connectivity index (χ2v) is 12.6. The third kappa shape index (κ3) is 4.52. The highest BCUT2D eigenvalue weighted by Crippen LogP contribution is 2.68. The average Bonchev–Trinajstić information content (AvgIpc) is 3.16. The predicted octanol–water partition coefficient (Wildman–Crippen LogP) is 3.20. The van der Waals surface area contributed by atoms with E-state index < -0.39 is 37.4 Å². The number of carboxylic acids is 1. The molecule has 0 heterocycles. The van der Waals surface area contributed by atoms with E-state index in [9.17, 15) is 29.3 Å². The van der Waals surface area contributed by atoms with Crippen molar-refractivity contribution in [2.24, 2.45) is 46.3 Å². The van der Waals surface area contributed by atoms with E-state index in [-0.39, 0.29) is 58.9 Å². The fraction of sp³-hybridized carbons (Fsp3) is 0.926. The number of alkyl halides is 1. The van der Waals surface area contributed by atoms with Crippen LogP contribution in [0.4, 0.5) is 4.39 Å². The normalized spacial score (nSPS) is 45.7. The van der Waals surface area contributed by atoms with Crippen LogP contribution in [0.2, 0.25) is 0 Å². The summed E-state index contributed by atoms with van der Waals surface area (Å²) in [5, 5.41) is 42.1. The molecule has 0 saturated heterocycles. The van der Waals surface area contributed by atoms with E-state index in [2.05, 4.69) is 20.8 Å². The zero-order chi connectivity index (χ0) is 25.7. The maximum Gasteiger partial charge on any atom is 0.323 e. The topological polar surface area (TPSA) is 118 Å². The molecule has 0 aromatic heterocycles. The number of amides is 1. The van der Waals surface area contributed by atoms with Crippen molar-refractivity contribution in [1.29, 1.82) is 0 Å². The first kappa shape index (κ1) is 26.8. The lowest BCUT2D eigenvalue weighted by molar-refractivity contribution is -0.207. The Bertz CT molecular complexity index is 811. The molecule has 0 aromatic carbocycles. The maximum atomic E-state index is 13.2. The van der Waals surface area contributed by atoms with Crippen molar-refractivity contribution in [3.63, 3.8) is 0 Å². The highest BCUT2D eigenvalue weighted by atomic mass is 18.2. The van der Waals surface area contributed by atoms with Crippen LogP contribution >= 0.6 is 0 Å². The Hall–Kier alpha value is -1.25. The molecule has 8 heteroatoms. The van der Waals surface area contributed by atoms with Crippen molar-refractivity contribution in [3.05, 3.63) is 0 Å². The lowest BCUT2D eigenvalue weighted by Gasteiger charge is -2.63. The standard InChI is InChI=1S/C27H44FNO6/c1-15(4-7-23(33)29(14-28)13-24(34)35)18-5-6-19-25-20(12-22(32)27(18,19)3)26(2)9-8-17(30)10-16(26)11-21(25)31/h15-22,25,30-32H,4-14H2,1-3H3,(H,34,35)/t15-,16?,17-,18-,19+,20+,21-,22+,25+,26+,27-/m1/s1/i28-1. The fourth-order valence-corrected chi connectivity index (χ4v) is 9.20. The number of carbonyl (C=O) groups is 2. The number of hydrogen-bond donors (Lipinski definition) is 4. The number of nitrogens with zero attached hydrogens (tertiary/aromatic N) is 1. The third-order valence-corrected chi connectivity index (χ3v) is 11.2. The fourth-order valence-electron chi connectivity index (χ4n) is 9.20. The molecule has 0 radical (unpaired) electrons. The van der Waals surface area contributed by atoms with Crippen molar-refractivity contribution in [2.75, 3.05) is 13.3 Å². The minimum absolute atomic E-state index is 0.0293. The summed E-state index contributed by atoms with van der Waals surface area (Å²) in [4.78, 5) is 24.0. The maximum absolute atomic E-state index is 13.2. The monoisotopic (exact) mass is 496 g/mol. The molecule has 200 valence electrons. The summed E-state index contributed by atoms with van der Waals surface area (Å²) < 4.78 is 13.2. The van der Waals surface area contributed by atoms with Gasteiger partial charge in [-0.2, -0.15) is 0 Å². The van der Waals surface area contributed by atoms with Gasteiger partial charge in [-0.25, -0.2) is 4.39 Å². The molecule has 4 aliphatic rings. The first-order chi connectivity index (χ1) is 16.4. The Balaban J connectivity index is 1.48. The highest BCUT2D eigenvalue weighted by molar-refractivity contribution is 5.81. The Morgan fingerprint density at radius 1 is 1.06 bits per heavy atom. The zero-order valence-corrected chi connectivity index (χ0v) is 21.4. The number of fused-ring (bicyclic) bond motifs is 5. The van der Waals surface area contributed by atoms with Gasteiger partial charge < -0.3 is 25.3 Å². The van der Waals surface area contributed by atoms with Crippen LogP contribution in [0.15, 0.2) is 0 Å². The third-order valence-electron chi connectivity index (χ3n) is 11.2. The van der Waals surface area contributed by atoms with Gasteiger partial charge in [0, 0.05) is 6.42 Å². The Kier molecular flexibility index (Phi) is 7.58. The van der Waals surface area contributed by atoms with Gasteiger partial charge in [0.15, 0.2) is 6.80 Å². The second kappa shape index (κ2) is 9.90. The highest BCUT2D eigenvalue weighted by Gasteiger charge is 2.65. The largest absolute Gasteiger partial charge is 0.480 e. The van der Waals surface area contributed by atoms with E-state index in [1.165, 1.54) is 0 Å². The van der Waals surface area contributed by atoms with Crippen LogP contribution in [0.1, 0.15) is 78.6 Å². The van der Waals surface area contributed by atoms with E-state index >= 15 is 0 Å². The number of aliphatic carboxylic acids is 1. The number of carbonyl (C=O) groups excluding carboxylic acids is 1. The van der Waals surface area contributed by atoms with Crippen molar-refractivity contribution in [3.8, 4) is 0 Å². The Labute approximate surface area is 208 Å². The Morgan fingerprint density at radius 2 is 1.77 bits per heavy atom. The lowest BCUT2D eigenvalue weighted by atomic mass is 9.43. The average molecular weight is 497 g/mol. The summed E-state index contributed by atoms with van der Waals surface area (Å²) >= 11 is 0. The minimum Gasteiger partial charge on any atom is -0.480 e. The first-order valence-corrected chi connectivity index (χ1v) is 13.5. The molecular formula is C27H44FNO6. The van der Waals surface area contributed by atoms with Crippen LogP contribution in [-0.2, 0) is 9.59 Å². The van der Waals surface area contributed by atoms with Crippen molar-refractivity contribution >= 4 is 11.9 Å². The second-order valence-electron chi connectivity index (χ2n) is 12.6. The molecule has 35 heavy (non-hydrogen) atoms. The van der Waals surface area contributed by atoms with E-state index in [1.54, 1.807) is 0 Å². The van der Waals surface area contributed by atoms with E-state index in [0.29, 0.717) is 12.8 Å². The summed E-state index contributed by atoms with van der Waals surface area (Å²) in [6.45, 7) is 4.82. The van der Waals surface area contributed by atoms with Gasteiger partial charge in [0.25, 0.3) is 0 Å². The van der Waals surface area contributed by atoms with Crippen LogP contribution in [0.25, 0.3) is 0 Å². The van der Waals surface area contributed by atoms with Gasteiger partial charge in [-0.15, -0.1) is 0 Å². The zero-order valence-electron chi connectivity index (χ0n) is 21.4. The number of aliphatic hydroxyl groups excluding tert-OH is 3. The van der Waals surface area contributed by atoms with Crippen molar-refractivity contribution in [1.82, 2.24) is 4.90 Å². The molecule has 4 saturated carbocycles.